The van der Waals surface area contributed by atoms with E-state index in [0.717, 1.165) is 5.69 Å². The number of oxazole rings is 1. The van der Waals surface area contributed by atoms with Crippen molar-refractivity contribution in [1.29, 1.82) is 0 Å². The van der Waals surface area contributed by atoms with Gasteiger partial charge in [0.2, 0.25) is 5.89 Å². The number of aromatic nitrogens is 3. The van der Waals surface area contributed by atoms with Crippen molar-refractivity contribution in [2.75, 3.05) is 0 Å². The fourth-order valence-electron chi connectivity index (χ4n) is 1.24. The van der Waals surface area contributed by atoms with Crippen molar-refractivity contribution < 1.29 is 12.8 Å². The molecule has 0 saturated heterocycles. The lowest BCUT2D eigenvalue weighted by Gasteiger charge is -2.01. The van der Waals surface area contributed by atoms with Crippen molar-refractivity contribution >= 4 is 10.0 Å². The third-order valence-electron chi connectivity index (χ3n) is 2.25. The van der Waals surface area contributed by atoms with Gasteiger partial charge in [-0.2, -0.15) is 0 Å². The number of sulfonamides is 1. The third kappa shape index (κ3) is 2.53. The topological polar surface area (TPSA) is 101 Å². The van der Waals surface area contributed by atoms with E-state index >= 15 is 0 Å². The molecule has 2 aromatic heterocycles. The second-order valence-electron chi connectivity index (χ2n) is 3.49. The molecule has 0 atom stereocenters. The zero-order valence-corrected chi connectivity index (χ0v) is 10.2. The quantitative estimate of drug-likeness (QED) is 0.829. The Kier molecular flexibility index (Phi) is 2.99. The minimum Gasteiger partial charge on any atom is -0.444 e. The Morgan fingerprint density at radius 2 is 2.24 bits per heavy atom. The lowest BCUT2D eigenvalue weighted by Crippen LogP contribution is -2.23. The molecule has 0 bridgehead atoms. The summed E-state index contributed by atoms with van der Waals surface area (Å²) in [4.78, 5) is 10.2. The van der Waals surface area contributed by atoms with Gasteiger partial charge >= 0.3 is 0 Å². The highest BCUT2D eigenvalue weighted by molar-refractivity contribution is 7.89. The number of nitrogens with one attached hydrogen (secondary N) is 2. The zero-order chi connectivity index (χ0) is 12.5. The van der Waals surface area contributed by atoms with E-state index in [4.69, 9.17) is 4.42 Å². The van der Waals surface area contributed by atoms with E-state index in [0.29, 0.717) is 11.7 Å². The predicted molar refractivity (Wildman–Crippen MR) is 58.6 cm³/mol. The van der Waals surface area contributed by atoms with Gasteiger partial charge in [-0.15, -0.1) is 0 Å². The second-order valence-corrected chi connectivity index (χ2v) is 5.22. The first-order valence-corrected chi connectivity index (χ1v) is 6.38. The molecule has 0 unspecified atom stereocenters. The molecule has 17 heavy (non-hydrogen) atoms. The predicted octanol–water partition coefficient (Wildman–Crippen LogP) is 0.493. The Balaban J connectivity index is 2.08. The van der Waals surface area contributed by atoms with Crippen LogP contribution in [0.5, 0.6) is 0 Å². The van der Waals surface area contributed by atoms with Crippen LogP contribution >= 0.6 is 0 Å². The van der Waals surface area contributed by atoms with Crippen LogP contribution < -0.4 is 4.72 Å². The van der Waals surface area contributed by atoms with Crippen molar-refractivity contribution in [2.45, 2.75) is 25.4 Å². The van der Waals surface area contributed by atoms with E-state index in [1.807, 2.05) is 0 Å². The highest BCUT2D eigenvalue weighted by Gasteiger charge is 2.16. The summed E-state index contributed by atoms with van der Waals surface area (Å²) in [6, 6.07) is 0. The largest absolute Gasteiger partial charge is 0.444 e. The van der Waals surface area contributed by atoms with Crippen molar-refractivity contribution in [3.63, 3.8) is 0 Å². The SMILES string of the molecule is Cc1nc(CNS(=O)(=O)c2cnc[nH]2)oc1C. The molecule has 8 heteroatoms. The third-order valence-corrected chi connectivity index (χ3v) is 3.58. The van der Waals surface area contributed by atoms with Crippen molar-refractivity contribution in [3.8, 4) is 0 Å². The molecule has 0 radical (unpaired) electrons. The van der Waals surface area contributed by atoms with Crippen LogP contribution in [0.3, 0.4) is 0 Å². The Hall–Kier alpha value is -1.67. The van der Waals surface area contributed by atoms with Gasteiger partial charge in [0, 0.05) is 0 Å². The molecule has 2 heterocycles. The van der Waals surface area contributed by atoms with Gasteiger partial charge in [-0.1, -0.05) is 0 Å². The molecule has 0 fully saturated rings. The van der Waals surface area contributed by atoms with Gasteiger partial charge in [-0.25, -0.2) is 23.1 Å². The van der Waals surface area contributed by atoms with Crippen LogP contribution in [0, 0.1) is 13.8 Å². The van der Waals surface area contributed by atoms with Gasteiger partial charge in [0.25, 0.3) is 10.0 Å². The van der Waals surface area contributed by atoms with E-state index in [-0.39, 0.29) is 11.6 Å². The Bertz CT molecular complexity index is 581. The first-order chi connectivity index (χ1) is 7.99. The van der Waals surface area contributed by atoms with Crippen molar-refractivity contribution in [2.24, 2.45) is 0 Å². The van der Waals surface area contributed by atoms with Crippen LogP contribution in [0.1, 0.15) is 17.3 Å². The normalized spacial score (nSPS) is 11.9. The molecule has 2 rings (SSSR count). The van der Waals surface area contributed by atoms with E-state index < -0.39 is 10.0 Å². The van der Waals surface area contributed by atoms with Crippen molar-refractivity contribution in [1.82, 2.24) is 19.7 Å². The van der Waals surface area contributed by atoms with Gasteiger partial charge in [0.1, 0.15) is 5.76 Å². The number of H-pyrrole nitrogens is 1. The first kappa shape index (κ1) is 11.8. The highest BCUT2D eigenvalue weighted by atomic mass is 32.2. The van der Waals surface area contributed by atoms with Crippen LogP contribution in [0.4, 0.5) is 0 Å². The summed E-state index contributed by atoms with van der Waals surface area (Å²) in [5, 5.41) is 0.0116. The van der Waals surface area contributed by atoms with Crippen molar-refractivity contribution in [3.05, 3.63) is 29.9 Å². The van der Waals surface area contributed by atoms with Crippen LogP contribution in [0.2, 0.25) is 0 Å². The maximum Gasteiger partial charge on any atom is 0.258 e. The minimum absolute atomic E-state index is 0.00995. The average Bonchev–Trinajstić information content (AvgIpc) is 2.87. The second kappa shape index (κ2) is 4.30. The molecule has 0 aromatic carbocycles. The molecule has 0 amide bonds. The van der Waals surface area contributed by atoms with Gasteiger partial charge in [0.15, 0.2) is 5.03 Å². The number of aromatic amines is 1. The number of rotatable bonds is 4. The molecule has 92 valence electrons. The van der Waals surface area contributed by atoms with E-state index in [2.05, 4.69) is 19.7 Å². The molecular weight excluding hydrogens is 244 g/mol. The minimum atomic E-state index is -3.59. The highest BCUT2D eigenvalue weighted by Crippen LogP contribution is 2.09. The molecule has 0 spiro atoms. The van der Waals surface area contributed by atoms with E-state index in [1.165, 1.54) is 12.5 Å². The molecule has 0 aliphatic heterocycles. The molecule has 7 nitrogen and oxygen atoms in total. The maximum absolute atomic E-state index is 11.7. The number of imidazole rings is 1. The zero-order valence-electron chi connectivity index (χ0n) is 9.39. The average molecular weight is 256 g/mol. The summed E-state index contributed by atoms with van der Waals surface area (Å²) >= 11 is 0. The Morgan fingerprint density at radius 3 is 2.76 bits per heavy atom. The maximum atomic E-state index is 11.7. The molecule has 0 saturated carbocycles. The number of nitrogens with zero attached hydrogens (tertiary/aromatic N) is 2. The molecular formula is C9H12N4O3S. The lowest BCUT2D eigenvalue weighted by atomic mass is 10.4. The van der Waals surface area contributed by atoms with Crippen LogP contribution in [-0.2, 0) is 16.6 Å². The number of hydrogen-bond donors (Lipinski definition) is 2. The summed E-state index contributed by atoms with van der Waals surface area (Å²) < 4.78 is 31.0. The van der Waals surface area contributed by atoms with E-state index in [1.54, 1.807) is 13.8 Å². The van der Waals surface area contributed by atoms with Gasteiger partial charge < -0.3 is 9.40 Å². The summed E-state index contributed by atoms with van der Waals surface area (Å²) in [5.74, 6) is 1.02. The first-order valence-electron chi connectivity index (χ1n) is 4.90. The van der Waals surface area contributed by atoms with Gasteiger partial charge in [0.05, 0.1) is 24.8 Å². The number of hydrogen-bond acceptors (Lipinski definition) is 5. The summed E-state index contributed by atoms with van der Waals surface area (Å²) in [7, 11) is -3.59. The smallest absolute Gasteiger partial charge is 0.258 e. The Labute approximate surface area is 98.3 Å². The van der Waals surface area contributed by atoms with Crippen LogP contribution in [-0.4, -0.2) is 23.4 Å². The molecule has 2 aromatic rings. The summed E-state index contributed by atoms with van der Waals surface area (Å²) in [6.45, 7) is 3.58. The standard InChI is InChI=1S/C9H12N4O3S/c1-6-7(2)16-8(13-6)3-12-17(14,15)9-4-10-5-11-9/h4-5,12H,3H2,1-2H3,(H,10,11). The number of aryl methyl sites for hydroxylation is 2. The van der Waals surface area contributed by atoms with Crippen LogP contribution in [0.15, 0.2) is 22.0 Å². The van der Waals surface area contributed by atoms with E-state index in [9.17, 15) is 8.42 Å². The van der Waals surface area contributed by atoms with Gasteiger partial charge in [-0.3, -0.25) is 0 Å². The summed E-state index contributed by atoms with van der Waals surface area (Å²) in [6.07, 6.45) is 2.53. The fraction of sp³-hybridized carbons (Fsp3) is 0.333. The molecule has 2 N–H and O–H groups in total. The van der Waals surface area contributed by atoms with Crippen LogP contribution in [0.25, 0.3) is 0 Å². The van der Waals surface area contributed by atoms with Gasteiger partial charge in [-0.05, 0) is 13.8 Å². The molecule has 0 aliphatic rings. The Morgan fingerprint density at radius 1 is 1.47 bits per heavy atom. The monoisotopic (exact) mass is 256 g/mol. The summed E-state index contributed by atoms with van der Waals surface area (Å²) in [5.41, 5.74) is 0.751. The molecule has 0 aliphatic carbocycles. The fourth-order valence-corrected chi connectivity index (χ4v) is 2.12. The lowest BCUT2D eigenvalue weighted by molar-refractivity contribution is 0.462.